The topological polar surface area (TPSA) is 38.8 Å². The summed E-state index contributed by atoms with van der Waals surface area (Å²) in [7, 11) is 3.90. The van der Waals surface area contributed by atoms with E-state index in [4.69, 9.17) is 9.47 Å². The van der Waals surface area contributed by atoms with Gasteiger partial charge < -0.3 is 19.2 Å². The van der Waals surface area contributed by atoms with Crippen LogP contribution in [0.15, 0.2) is 0 Å². The van der Waals surface area contributed by atoms with Crippen LogP contribution in [0.5, 0.6) is 0 Å². The lowest BCUT2D eigenvalue weighted by Crippen LogP contribution is -2.12. The molecule has 15 heavy (non-hydrogen) atoms. The summed E-state index contributed by atoms with van der Waals surface area (Å²) in [5, 5.41) is 0. The summed E-state index contributed by atoms with van der Waals surface area (Å²) < 4.78 is 10.1. The molecule has 92 valence electrons. The third-order valence-electron chi connectivity index (χ3n) is 1.50. The van der Waals surface area contributed by atoms with Crippen molar-refractivity contribution in [3.8, 4) is 0 Å². The lowest BCUT2D eigenvalue weighted by molar-refractivity contribution is -0.123. The molecular formula is C11H25NO3. The van der Waals surface area contributed by atoms with Gasteiger partial charge in [-0.25, -0.2) is 0 Å². The largest absolute Gasteiger partial charge is 0.353 e. The van der Waals surface area contributed by atoms with Crippen molar-refractivity contribution in [2.45, 2.75) is 33.5 Å². The number of aldehydes is 1. The molecule has 0 radical (unpaired) electrons. The number of carbonyl (C=O) groups excluding carboxylic acids is 1. The molecule has 0 rings (SSSR count). The van der Waals surface area contributed by atoms with Crippen molar-refractivity contribution in [1.29, 1.82) is 0 Å². The Bertz CT molecular complexity index is 123. The first kappa shape index (κ1) is 17.0. The zero-order valence-electron chi connectivity index (χ0n) is 10.7. The van der Waals surface area contributed by atoms with Crippen LogP contribution in [0.1, 0.15) is 27.2 Å². The van der Waals surface area contributed by atoms with E-state index < -0.39 is 0 Å². The van der Waals surface area contributed by atoms with Crippen molar-refractivity contribution < 1.29 is 14.3 Å². The van der Waals surface area contributed by atoms with Gasteiger partial charge in [-0.15, -0.1) is 0 Å². The third-order valence-corrected chi connectivity index (χ3v) is 1.50. The lowest BCUT2D eigenvalue weighted by Gasteiger charge is -2.09. The molecule has 0 aliphatic heterocycles. The zero-order valence-corrected chi connectivity index (χ0v) is 10.7. The molecule has 4 heteroatoms. The Balaban J connectivity index is 0. The van der Waals surface area contributed by atoms with Crippen LogP contribution in [-0.4, -0.2) is 51.3 Å². The maximum Gasteiger partial charge on any atom is 0.154 e. The number of rotatable bonds is 7. The van der Waals surface area contributed by atoms with Gasteiger partial charge in [0.15, 0.2) is 6.29 Å². The van der Waals surface area contributed by atoms with Crippen LogP contribution < -0.4 is 0 Å². The Morgan fingerprint density at radius 2 is 1.67 bits per heavy atom. The van der Waals surface area contributed by atoms with Crippen molar-refractivity contribution >= 4 is 6.29 Å². The standard InChI is InChI=1S/C6H14O2.C5H11NO/c1-4-7-6(3)8-5-2;1-6(2)4-3-5-7/h6H,4-5H2,1-3H3;5H,3-4H2,1-2H3. The molecule has 0 heterocycles. The van der Waals surface area contributed by atoms with Gasteiger partial charge in [0, 0.05) is 26.2 Å². The lowest BCUT2D eigenvalue weighted by atomic mass is 10.4. The van der Waals surface area contributed by atoms with Gasteiger partial charge in [0.2, 0.25) is 0 Å². The molecular weight excluding hydrogens is 194 g/mol. The van der Waals surface area contributed by atoms with E-state index in [1.54, 1.807) is 0 Å². The van der Waals surface area contributed by atoms with Crippen molar-refractivity contribution in [3.05, 3.63) is 0 Å². The fraction of sp³-hybridized carbons (Fsp3) is 0.909. The second kappa shape index (κ2) is 13.5. The van der Waals surface area contributed by atoms with Crippen LogP contribution in [0.3, 0.4) is 0 Å². The van der Waals surface area contributed by atoms with Gasteiger partial charge in [0.1, 0.15) is 6.29 Å². The van der Waals surface area contributed by atoms with E-state index in [-0.39, 0.29) is 6.29 Å². The SMILES string of the molecule is CCOC(C)OCC.CN(C)CCC=O. The summed E-state index contributed by atoms with van der Waals surface area (Å²) in [4.78, 5) is 11.7. The highest BCUT2D eigenvalue weighted by molar-refractivity contribution is 5.49. The quantitative estimate of drug-likeness (QED) is 0.481. The Morgan fingerprint density at radius 3 is 1.87 bits per heavy atom. The fourth-order valence-corrected chi connectivity index (χ4v) is 0.828. The third kappa shape index (κ3) is 19.8. The number of nitrogens with zero attached hydrogens (tertiary/aromatic N) is 1. The van der Waals surface area contributed by atoms with Crippen LogP contribution in [0, 0.1) is 0 Å². The molecule has 0 unspecified atom stereocenters. The van der Waals surface area contributed by atoms with Crippen molar-refractivity contribution in [1.82, 2.24) is 4.90 Å². The second-order valence-electron chi connectivity index (χ2n) is 3.24. The van der Waals surface area contributed by atoms with Crippen molar-refractivity contribution in [3.63, 3.8) is 0 Å². The van der Waals surface area contributed by atoms with Crippen molar-refractivity contribution in [2.24, 2.45) is 0 Å². The van der Waals surface area contributed by atoms with Gasteiger partial charge in [-0.3, -0.25) is 0 Å². The Hall–Kier alpha value is -0.450. The second-order valence-corrected chi connectivity index (χ2v) is 3.24. The number of hydrogen-bond donors (Lipinski definition) is 0. The molecule has 0 saturated heterocycles. The monoisotopic (exact) mass is 219 g/mol. The van der Waals surface area contributed by atoms with E-state index >= 15 is 0 Å². The molecule has 0 aliphatic carbocycles. The highest BCUT2D eigenvalue weighted by Gasteiger charge is 1.94. The number of carbonyl (C=O) groups is 1. The molecule has 0 aromatic heterocycles. The molecule has 0 fully saturated rings. The molecule has 0 N–H and O–H groups in total. The fourth-order valence-electron chi connectivity index (χ4n) is 0.828. The summed E-state index contributed by atoms with van der Waals surface area (Å²) in [6.07, 6.45) is 1.54. The van der Waals surface area contributed by atoms with Crippen LogP contribution in [0.2, 0.25) is 0 Å². The minimum absolute atomic E-state index is 0.0370. The van der Waals surface area contributed by atoms with E-state index in [1.165, 1.54) is 0 Å². The van der Waals surface area contributed by atoms with E-state index in [2.05, 4.69) is 0 Å². The minimum Gasteiger partial charge on any atom is -0.353 e. The van der Waals surface area contributed by atoms with E-state index in [9.17, 15) is 4.79 Å². The van der Waals surface area contributed by atoms with E-state index in [0.717, 1.165) is 26.0 Å². The summed E-state index contributed by atoms with van der Waals surface area (Å²) in [5.74, 6) is 0. The molecule has 0 aliphatic rings. The smallest absolute Gasteiger partial charge is 0.154 e. The number of hydrogen-bond acceptors (Lipinski definition) is 4. The summed E-state index contributed by atoms with van der Waals surface area (Å²) >= 11 is 0. The predicted molar refractivity (Wildman–Crippen MR) is 61.9 cm³/mol. The molecule has 0 amide bonds. The Morgan fingerprint density at radius 1 is 1.20 bits per heavy atom. The summed E-state index contributed by atoms with van der Waals surface area (Å²) in [6, 6.07) is 0. The van der Waals surface area contributed by atoms with Crippen LogP contribution in [-0.2, 0) is 14.3 Å². The average Bonchev–Trinajstić information content (AvgIpc) is 2.16. The summed E-state index contributed by atoms with van der Waals surface area (Å²) in [5.41, 5.74) is 0. The van der Waals surface area contributed by atoms with Gasteiger partial charge in [-0.05, 0) is 34.9 Å². The molecule has 0 bridgehead atoms. The predicted octanol–water partition coefficient (Wildman–Crippen LogP) is 1.54. The molecule has 0 atom stereocenters. The van der Waals surface area contributed by atoms with Crippen LogP contribution >= 0.6 is 0 Å². The molecule has 0 aromatic rings. The zero-order chi connectivity index (χ0) is 12.1. The van der Waals surface area contributed by atoms with Crippen LogP contribution in [0.4, 0.5) is 0 Å². The van der Waals surface area contributed by atoms with Gasteiger partial charge in [0.05, 0.1) is 0 Å². The van der Waals surface area contributed by atoms with Crippen molar-refractivity contribution in [2.75, 3.05) is 33.9 Å². The molecule has 0 aromatic carbocycles. The first-order valence-corrected chi connectivity index (χ1v) is 5.39. The average molecular weight is 219 g/mol. The van der Waals surface area contributed by atoms with Crippen LogP contribution in [0.25, 0.3) is 0 Å². The molecule has 0 saturated carbocycles. The highest BCUT2D eigenvalue weighted by atomic mass is 16.7. The molecule has 4 nitrogen and oxygen atoms in total. The molecule has 0 spiro atoms. The van der Waals surface area contributed by atoms with Gasteiger partial charge in [0.25, 0.3) is 0 Å². The Labute approximate surface area is 93.5 Å². The highest BCUT2D eigenvalue weighted by Crippen LogP contribution is 1.90. The Kier molecular flexibility index (Phi) is 15.3. The van der Waals surface area contributed by atoms with Gasteiger partial charge >= 0.3 is 0 Å². The van der Waals surface area contributed by atoms with E-state index in [0.29, 0.717) is 6.42 Å². The first-order valence-electron chi connectivity index (χ1n) is 5.39. The van der Waals surface area contributed by atoms with Gasteiger partial charge in [-0.2, -0.15) is 0 Å². The van der Waals surface area contributed by atoms with Gasteiger partial charge in [-0.1, -0.05) is 0 Å². The first-order chi connectivity index (χ1) is 7.08. The maximum atomic E-state index is 9.68. The summed E-state index contributed by atoms with van der Waals surface area (Å²) in [6.45, 7) is 8.11. The maximum absolute atomic E-state index is 9.68. The minimum atomic E-state index is -0.0370. The van der Waals surface area contributed by atoms with E-state index in [1.807, 2.05) is 39.8 Å². The number of ether oxygens (including phenoxy) is 2. The normalized spacial score (nSPS) is 10.1.